The van der Waals surface area contributed by atoms with E-state index in [4.69, 9.17) is 4.74 Å². The minimum absolute atomic E-state index is 0.0975. The van der Waals surface area contributed by atoms with Gasteiger partial charge in [-0.2, -0.15) is 0 Å². The van der Waals surface area contributed by atoms with Crippen molar-refractivity contribution >= 4 is 5.97 Å². The highest BCUT2D eigenvalue weighted by Crippen LogP contribution is 2.48. The van der Waals surface area contributed by atoms with Gasteiger partial charge in [-0.15, -0.1) is 0 Å². The summed E-state index contributed by atoms with van der Waals surface area (Å²) in [6.07, 6.45) is 8.45. The molecule has 1 saturated heterocycles. The van der Waals surface area contributed by atoms with Gasteiger partial charge in [0.25, 0.3) is 0 Å². The van der Waals surface area contributed by atoms with Crippen molar-refractivity contribution in [3.63, 3.8) is 0 Å². The number of nitrogens with zero attached hydrogens (tertiary/aromatic N) is 1. The number of fused-ring (bicyclic) bond motifs is 2. The first kappa shape index (κ1) is 13.4. The number of ether oxygens (including phenoxy) is 1. The summed E-state index contributed by atoms with van der Waals surface area (Å²) in [5, 5.41) is 0. The second-order valence-corrected chi connectivity index (χ2v) is 6.99. The molecule has 2 aliphatic carbocycles. The number of rotatable bonds is 4. The van der Waals surface area contributed by atoms with E-state index >= 15 is 0 Å². The first-order chi connectivity index (χ1) is 9.14. The SMILES string of the molecule is CC[C@@]1(COC(=O)[C@H]2C[C@H]3CC[C@H]2C3)CCCN1C. The van der Waals surface area contributed by atoms with Gasteiger partial charge in [-0.25, -0.2) is 0 Å². The van der Waals surface area contributed by atoms with Crippen LogP contribution in [0.25, 0.3) is 0 Å². The Labute approximate surface area is 116 Å². The van der Waals surface area contributed by atoms with Gasteiger partial charge in [-0.1, -0.05) is 13.3 Å². The zero-order valence-corrected chi connectivity index (χ0v) is 12.4. The highest BCUT2D eigenvalue weighted by Gasteiger charge is 2.45. The van der Waals surface area contributed by atoms with Gasteiger partial charge in [0.15, 0.2) is 0 Å². The molecule has 0 unspecified atom stereocenters. The molecule has 3 nitrogen and oxygen atoms in total. The zero-order chi connectivity index (χ0) is 13.5. The number of likely N-dealkylation sites (tertiary alicyclic amines) is 1. The summed E-state index contributed by atoms with van der Waals surface area (Å²) in [7, 11) is 2.17. The quantitative estimate of drug-likeness (QED) is 0.732. The second-order valence-electron chi connectivity index (χ2n) is 6.99. The van der Waals surface area contributed by atoms with Crippen molar-refractivity contribution in [2.45, 2.75) is 57.4 Å². The molecule has 0 N–H and O–H groups in total. The van der Waals surface area contributed by atoms with Crippen LogP contribution < -0.4 is 0 Å². The maximum Gasteiger partial charge on any atom is 0.309 e. The molecular formula is C16H27NO2. The lowest BCUT2D eigenvalue weighted by atomic mass is 9.89. The van der Waals surface area contributed by atoms with Crippen LogP contribution in [0.2, 0.25) is 0 Å². The van der Waals surface area contributed by atoms with Crippen molar-refractivity contribution in [1.82, 2.24) is 4.90 Å². The fourth-order valence-corrected chi connectivity index (χ4v) is 4.65. The maximum absolute atomic E-state index is 12.3. The summed E-state index contributed by atoms with van der Waals surface area (Å²) < 4.78 is 5.75. The first-order valence-corrected chi connectivity index (χ1v) is 8.02. The van der Waals surface area contributed by atoms with E-state index in [1.165, 1.54) is 32.1 Å². The van der Waals surface area contributed by atoms with Gasteiger partial charge in [-0.05, 0) is 64.0 Å². The summed E-state index contributed by atoms with van der Waals surface area (Å²) in [6.45, 7) is 3.96. The summed E-state index contributed by atoms with van der Waals surface area (Å²) in [4.78, 5) is 14.7. The molecular weight excluding hydrogens is 238 g/mol. The topological polar surface area (TPSA) is 29.5 Å². The van der Waals surface area contributed by atoms with E-state index < -0.39 is 0 Å². The van der Waals surface area contributed by atoms with Crippen LogP contribution in [0.1, 0.15) is 51.9 Å². The molecule has 1 heterocycles. The second kappa shape index (κ2) is 5.08. The van der Waals surface area contributed by atoms with E-state index in [-0.39, 0.29) is 17.4 Å². The fraction of sp³-hybridized carbons (Fsp3) is 0.938. The number of likely N-dealkylation sites (N-methyl/N-ethyl adjacent to an activating group) is 1. The van der Waals surface area contributed by atoms with Crippen LogP contribution in [0.4, 0.5) is 0 Å². The summed E-state index contributed by atoms with van der Waals surface area (Å²) in [5.74, 6) is 1.77. The van der Waals surface area contributed by atoms with Crippen LogP contribution >= 0.6 is 0 Å². The molecule has 19 heavy (non-hydrogen) atoms. The zero-order valence-electron chi connectivity index (χ0n) is 12.4. The lowest BCUT2D eigenvalue weighted by Crippen LogP contribution is -2.46. The van der Waals surface area contributed by atoms with Crippen LogP contribution in [0.15, 0.2) is 0 Å². The molecule has 3 aliphatic rings. The monoisotopic (exact) mass is 265 g/mol. The number of hydrogen-bond acceptors (Lipinski definition) is 3. The largest absolute Gasteiger partial charge is 0.463 e. The predicted octanol–water partition coefficient (Wildman–Crippen LogP) is 2.84. The summed E-state index contributed by atoms with van der Waals surface area (Å²) in [6, 6.07) is 0. The molecule has 4 atom stereocenters. The van der Waals surface area contributed by atoms with E-state index in [1.807, 2.05) is 0 Å². The lowest BCUT2D eigenvalue weighted by Gasteiger charge is -2.35. The van der Waals surface area contributed by atoms with E-state index in [9.17, 15) is 4.79 Å². The summed E-state index contributed by atoms with van der Waals surface area (Å²) in [5.41, 5.74) is 0.118. The number of carbonyl (C=O) groups excluding carboxylic acids is 1. The third-order valence-corrected chi connectivity index (χ3v) is 6.13. The average Bonchev–Trinajstić information content (AvgIpc) is 3.11. The number of hydrogen-bond donors (Lipinski definition) is 0. The number of esters is 1. The molecule has 0 aromatic rings. The Bertz CT molecular complexity index is 357. The van der Waals surface area contributed by atoms with Crippen molar-refractivity contribution in [3.05, 3.63) is 0 Å². The van der Waals surface area contributed by atoms with Gasteiger partial charge in [-0.3, -0.25) is 9.69 Å². The third kappa shape index (κ3) is 2.31. The molecule has 0 aromatic carbocycles. The Morgan fingerprint density at radius 2 is 2.21 bits per heavy atom. The Hall–Kier alpha value is -0.570. The van der Waals surface area contributed by atoms with Crippen LogP contribution in [0.5, 0.6) is 0 Å². The van der Waals surface area contributed by atoms with Gasteiger partial charge in [0.05, 0.1) is 11.5 Å². The Morgan fingerprint density at radius 1 is 1.37 bits per heavy atom. The van der Waals surface area contributed by atoms with Crippen LogP contribution in [-0.4, -0.2) is 36.6 Å². The molecule has 2 bridgehead atoms. The molecule has 108 valence electrons. The molecule has 0 radical (unpaired) electrons. The van der Waals surface area contributed by atoms with Gasteiger partial charge >= 0.3 is 5.97 Å². The van der Waals surface area contributed by atoms with Crippen molar-refractivity contribution in [2.24, 2.45) is 17.8 Å². The molecule has 0 spiro atoms. The smallest absolute Gasteiger partial charge is 0.309 e. The van der Waals surface area contributed by atoms with Crippen LogP contribution in [0, 0.1) is 17.8 Å². The Morgan fingerprint density at radius 3 is 2.74 bits per heavy atom. The molecule has 3 heteroatoms. The van der Waals surface area contributed by atoms with Crippen LogP contribution in [-0.2, 0) is 9.53 Å². The Kier molecular flexibility index (Phi) is 3.59. The third-order valence-electron chi connectivity index (χ3n) is 6.13. The normalized spacial score (nSPS) is 41.9. The Balaban J connectivity index is 1.55. The highest BCUT2D eigenvalue weighted by atomic mass is 16.5. The van der Waals surface area contributed by atoms with E-state index in [0.717, 1.165) is 25.3 Å². The van der Waals surface area contributed by atoms with Crippen molar-refractivity contribution in [2.75, 3.05) is 20.2 Å². The van der Waals surface area contributed by atoms with Crippen molar-refractivity contribution < 1.29 is 9.53 Å². The van der Waals surface area contributed by atoms with Gasteiger partial charge < -0.3 is 4.74 Å². The van der Waals surface area contributed by atoms with Gasteiger partial charge in [0.1, 0.15) is 6.61 Å². The van der Waals surface area contributed by atoms with E-state index in [0.29, 0.717) is 12.5 Å². The fourth-order valence-electron chi connectivity index (χ4n) is 4.65. The minimum atomic E-state index is 0.0975. The van der Waals surface area contributed by atoms with Crippen molar-refractivity contribution in [3.8, 4) is 0 Å². The molecule has 0 aromatic heterocycles. The standard InChI is InChI=1S/C16H27NO2/c1-3-16(7-4-8-17(16)2)11-19-15(18)14-10-12-5-6-13(14)9-12/h12-14H,3-11H2,1-2H3/t12-,13-,14-,16-/m0/s1. The molecule has 2 saturated carbocycles. The number of carbonyl (C=O) groups is 1. The lowest BCUT2D eigenvalue weighted by molar-refractivity contribution is -0.154. The van der Waals surface area contributed by atoms with E-state index in [2.05, 4.69) is 18.9 Å². The van der Waals surface area contributed by atoms with E-state index in [1.54, 1.807) is 0 Å². The summed E-state index contributed by atoms with van der Waals surface area (Å²) >= 11 is 0. The van der Waals surface area contributed by atoms with Gasteiger partial charge in [0, 0.05) is 0 Å². The average molecular weight is 265 g/mol. The highest BCUT2D eigenvalue weighted by molar-refractivity contribution is 5.73. The first-order valence-electron chi connectivity index (χ1n) is 8.02. The van der Waals surface area contributed by atoms with Crippen molar-refractivity contribution in [1.29, 1.82) is 0 Å². The molecule has 3 rings (SSSR count). The maximum atomic E-state index is 12.3. The molecule has 3 fully saturated rings. The predicted molar refractivity (Wildman–Crippen MR) is 74.8 cm³/mol. The minimum Gasteiger partial charge on any atom is -0.463 e. The molecule has 0 amide bonds. The molecule has 1 aliphatic heterocycles. The van der Waals surface area contributed by atoms with Crippen LogP contribution in [0.3, 0.4) is 0 Å². The van der Waals surface area contributed by atoms with Gasteiger partial charge in [0.2, 0.25) is 0 Å².